The Hall–Kier alpha value is -2.14. The molecule has 2 aliphatic rings. The Labute approximate surface area is 148 Å². The fourth-order valence-electron chi connectivity index (χ4n) is 3.38. The second-order valence-electron chi connectivity index (χ2n) is 7.81. The van der Waals surface area contributed by atoms with Gasteiger partial charge in [0.2, 0.25) is 5.60 Å². The SMILES string of the molecule is COc1ccc(C2=C[C@@]3(C)CCC(=O)[C@]2(C(=O)OC(C)(C)C)O3)cc1. The third-order valence-corrected chi connectivity index (χ3v) is 4.54. The van der Waals surface area contributed by atoms with E-state index in [0.29, 0.717) is 17.7 Å². The van der Waals surface area contributed by atoms with Crippen LogP contribution < -0.4 is 4.74 Å². The van der Waals surface area contributed by atoms with Gasteiger partial charge in [0.1, 0.15) is 11.4 Å². The van der Waals surface area contributed by atoms with Crippen LogP contribution in [0.15, 0.2) is 30.3 Å². The molecule has 0 radical (unpaired) electrons. The second kappa shape index (κ2) is 5.70. The third-order valence-electron chi connectivity index (χ3n) is 4.54. The van der Waals surface area contributed by atoms with Crippen molar-refractivity contribution >= 4 is 17.3 Å². The number of ether oxygens (including phenoxy) is 3. The quantitative estimate of drug-likeness (QED) is 0.622. The van der Waals surface area contributed by atoms with Gasteiger partial charge in [0, 0.05) is 12.0 Å². The monoisotopic (exact) mass is 344 g/mol. The summed E-state index contributed by atoms with van der Waals surface area (Å²) in [6.45, 7) is 7.23. The van der Waals surface area contributed by atoms with Crippen LogP contribution in [0.25, 0.3) is 5.57 Å². The van der Waals surface area contributed by atoms with E-state index in [2.05, 4.69) is 0 Å². The van der Waals surface area contributed by atoms with Gasteiger partial charge in [-0.25, -0.2) is 4.79 Å². The van der Waals surface area contributed by atoms with Crippen molar-refractivity contribution in [1.82, 2.24) is 0 Å². The summed E-state index contributed by atoms with van der Waals surface area (Å²) in [5, 5.41) is 0. The van der Waals surface area contributed by atoms with E-state index in [0.717, 1.165) is 5.56 Å². The van der Waals surface area contributed by atoms with Crippen LogP contribution in [-0.4, -0.2) is 35.7 Å². The van der Waals surface area contributed by atoms with E-state index >= 15 is 0 Å². The number of rotatable bonds is 3. The molecule has 2 aliphatic heterocycles. The summed E-state index contributed by atoms with van der Waals surface area (Å²) >= 11 is 0. The number of fused-ring (bicyclic) bond motifs is 2. The maximum Gasteiger partial charge on any atom is 0.351 e. The number of carbonyl (C=O) groups excluding carboxylic acids is 2. The van der Waals surface area contributed by atoms with Crippen LogP contribution in [0.5, 0.6) is 5.75 Å². The summed E-state index contributed by atoms with van der Waals surface area (Å²) in [6, 6.07) is 7.26. The summed E-state index contributed by atoms with van der Waals surface area (Å²) in [5.41, 5.74) is -1.73. The zero-order valence-corrected chi connectivity index (χ0v) is 15.3. The smallest absolute Gasteiger partial charge is 0.351 e. The minimum Gasteiger partial charge on any atom is -0.497 e. The molecule has 1 saturated heterocycles. The number of benzene rings is 1. The van der Waals surface area contributed by atoms with Gasteiger partial charge in [-0.05, 0) is 57.9 Å². The Bertz CT molecular complexity index is 740. The lowest BCUT2D eigenvalue weighted by atomic mass is 9.84. The minimum absolute atomic E-state index is 0.251. The van der Waals surface area contributed by atoms with Crippen molar-refractivity contribution in [3.8, 4) is 5.75 Å². The molecule has 1 aromatic rings. The average molecular weight is 344 g/mol. The molecule has 0 spiro atoms. The Morgan fingerprint density at radius 2 is 1.84 bits per heavy atom. The van der Waals surface area contributed by atoms with Crippen molar-refractivity contribution in [2.45, 2.75) is 57.3 Å². The molecule has 5 nitrogen and oxygen atoms in total. The van der Waals surface area contributed by atoms with Crippen molar-refractivity contribution in [3.63, 3.8) is 0 Å². The molecule has 0 unspecified atom stereocenters. The molecule has 0 aromatic heterocycles. The lowest BCUT2D eigenvalue weighted by Gasteiger charge is -2.38. The highest BCUT2D eigenvalue weighted by molar-refractivity contribution is 6.20. The van der Waals surface area contributed by atoms with E-state index in [4.69, 9.17) is 14.2 Å². The van der Waals surface area contributed by atoms with Crippen LogP contribution in [0, 0.1) is 0 Å². The maximum atomic E-state index is 13.0. The standard InChI is InChI=1S/C20H24O5/c1-18(2,3)24-17(22)20-15(13-6-8-14(23-5)9-7-13)12-19(4,25-20)11-10-16(20)21/h6-9,12H,10-11H2,1-5H3/t19-,20-/m1/s1. The number of hydrogen-bond donors (Lipinski definition) is 0. The van der Waals surface area contributed by atoms with Gasteiger partial charge in [0.15, 0.2) is 5.78 Å². The first-order valence-electron chi connectivity index (χ1n) is 8.44. The largest absolute Gasteiger partial charge is 0.497 e. The highest BCUT2D eigenvalue weighted by Crippen LogP contribution is 2.50. The molecule has 25 heavy (non-hydrogen) atoms. The zero-order chi connectivity index (χ0) is 18.5. The molecule has 1 fully saturated rings. The summed E-state index contributed by atoms with van der Waals surface area (Å²) in [7, 11) is 1.59. The molecule has 0 amide bonds. The van der Waals surface area contributed by atoms with Gasteiger partial charge in [0.25, 0.3) is 0 Å². The van der Waals surface area contributed by atoms with Gasteiger partial charge in [-0.2, -0.15) is 0 Å². The zero-order valence-electron chi connectivity index (χ0n) is 15.3. The summed E-state index contributed by atoms with van der Waals surface area (Å²) in [4.78, 5) is 25.9. The first-order valence-corrected chi connectivity index (χ1v) is 8.44. The number of esters is 1. The molecule has 0 aliphatic carbocycles. The number of hydrogen-bond acceptors (Lipinski definition) is 5. The summed E-state index contributed by atoms with van der Waals surface area (Å²) in [6.07, 6.45) is 2.73. The van der Waals surface area contributed by atoms with E-state index < -0.39 is 22.8 Å². The van der Waals surface area contributed by atoms with Crippen LogP contribution >= 0.6 is 0 Å². The minimum atomic E-state index is -1.69. The Morgan fingerprint density at radius 1 is 1.20 bits per heavy atom. The van der Waals surface area contributed by atoms with Gasteiger partial charge in [-0.3, -0.25) is 4.79 Å². The lowest BCUT2D eigenvalue weighted by molar-refractivity contribution is -0.192. The van der Waals surface area contributed by atoms with E-state index in [1.807, 2.05) is 25.1 Å². The van der Waals surface area contributed by atoms with Crippen LogP contribution in [0.2, 0.25) is 0 Å². The first kappa shape index (κ1) is 17.7. The van der Waals surface area contributed by atoms with Gasteiger partial charge in [0.05, 0.1) is 12.7 Å². The molecule has 134 valence electrons. The van der Waals surface area contributed by atoms with Crippen molar-refractivity contribution in [2.75, 3.05) is 7.11 Å². The van der Waals surface area contributed by atoms with Gasteiger partial charge in [-0.15, -0.1) is 0 Å². The number of Topliss-reactive ketones (excluding diaryl/α,β-unsaturated/α-hetero) is 1. The van der Waals surface area contributed by atoms with Crippen molar-refractivity contribution in [1.29, 1.82) is 0 Å². The van der Waals surface area contributed by atoms with Crippen molar-refractivity contribution < 1.29 is 23.8 Å². The number of methoxy groups -OCH3 is 1. The van der Waals surface area contributed by atoms with Crippen LogP contribution in [0.4, 0.5) is 0 Å². The summed E-state index contributed by atoms with van der Waals surface area (Å²) in [5.74, 6) is -0.190. The Kier molecular flexibility index (Phi) is 4.03. The van der Waals surface area contributed by atoms with Crippen LogP contribution in [0.1, 0.15) is 46.1 Å². The predicted molar refractivity (Wildman–Crippen MR) is 93.3 cm³/mol. The van der Waals surface area contributed by atoms with Crippen molar-refractivity contribution in [2.24, 2.45) is 0 Å². The predicted octanol–water partition coefficient (Wildman–Crippen LogP) is 3.31. The molecular formula is C20H24O5. The Morgan fingerprint density at radius 3 is 2.40 bits per heavy atom. The van der Waals surface area contributed by atoms with Crippen LogP contribution in [-0.2, 0) is 19.1 Å². The van der Waals surface area contributed by atoms with Crippen LogP contribution in [0.3, 0.4) is 0 Å². The third kappa shape index (κ3) is 2.97. The van der Waals surface area contributed by atoms with Gasteiger partial charge < -0.3 is 14.2 Å². The molecule has 5 heteroatoms. The van der Waals surface area contributed by atoms with E-state index in [1.54, 1.807) is 40.0 Å². The van der Waals surface area contributed by atoms with Crippen molar-refractivity contribution in [3.05, 3.63) is 35.9 Å². The lowest BCUT2D eigenvalue weighted by Crippen LogP contribution is -2.55. The number of carbonyl (C=O) groups is 2. The topological polar surface area (TPSA) is 61.8 Å². The fourth-order valence-corrected chi connectivity index (χ4v) is 3.38. The van der Waals surface area contributed by atoms with E-state index in [1.165, 1.54) is 0 Å². The molecule has 1 aromatic carbocycles. The molecule has 0 saturated carbocycles. The highest BCUT2D eigenvalue weighted by Gasteiger charge is 2.62. The van der Waals surface area contributed by atoms with E-state index in [9.17, 15) is 9.59 Å². The van der Waals surface area contributed by atoms with E-state index in [-0.39, 0.29) is 12.2 Å². The molecule has 2 bridgehead atoms. The molecule has 2 heterocycles. The Balaban J connectivity index is 2.09. The van der Waals surface area contributed by atoms with Gasteiger partial charge in [-0.1, -0.05) is 12.1 Å². The average Bonchev–Trinajstić information content (AvgIpc) is 2.81. The highest BCUT2D eigenvalue weighted by atomic mass is 16.6. The molecule has 0 N–H and O–H groups in total. The molecule has 3 rings (SSSR count). The molecule has 2 atom stereocenters. The molecular weight excluding hydrogens is 320 g/mol. The number of ketones is 1. The maximum absolute atomic E-state index is 13.0. The normalized spacial score (nSPS) is 28.5. The fraction of sp³-hybridized carbons (Fsp3) is 0.500. The second-order valence-corrected chi connectivity index (χ2v) is 7.81. The van der Waals surface area contributed by atoms with Gasteiger partial charge >= 0.3 is 5.97 Å². The first-order chi connectivity index (χ1) is 11.6. The summed E-state index contributed by atoms with van der Waals surface area (Å²) < 4.78 is 16.8.